The largest absolute Gasteiger partial charge is 0.497 e. The Morgan fingerprint density at radius 2 is 1.72 bits per heavy atom. The zero-order chi connectivity index (χ0) is 23.3. The fourth-order valence-electron chi connectivity index (χ4n) is 3.76. The van der Waals surface area contributed by atoms with E-state index in [4.69, 9.17) is 4.74 Å². The number of hydrogen-bond donors (Lipinski definition) is 2. The molecular weight excluding hydrogens is 410 g/mol. The standard InChI is InChI=1S/C24H27N3O5/c1-4-24(19-9-11-20(32-3)12-10-19)22(30)27(23(31)26-24)15-21(29)18-7-5-17(6-8-18)13-14-25-16(2)28/h5-12H,4,13-15H2,1-3H3,(H,25,28)(H,26,31). The summed E-state index contributed by atoms with van der Waals surface area (Å²) in [7, 11) is 1.55. The van der Waals surface area contributed by atoms with E-state index in [1.165, 1.54) is 6.92 Å². The molecule has 8 nitrogen and oxygen atoms in total. The van der Waals surface area contributed by atoms with Gasteiger partial charge in [0, 0.05) is 19.0 Å². The Kier molecular flexibility index (Phi) is 6.92. The van der Waals surface area contributed by atoms with Crippen LogP contribution in [0.4, 0.5) is 4.79 Å². The van der Waals surface area contributed by atoms with Gasteiger partial charge in [-0.05, 0) is 36.1 Å². The number of ketones is 1. The van der Waals surface area contributed by atoms with Gasteiger partial charge in [-0.1, -0.05) is 43.3 Å². The van der Waals surface area contributed by atoms with Crippen LogP contribution in [0.15, 0.2) is 48.5 Å². The van der Waals surface area contributed by atoms with Gasteiger partial charge < -0.3 is 15.4 Å². The Morgan fingerprint density at radius 3 is 2.28 bits per heavy atom. The molecule has 1 heterocycles. The van der Waals surface area contributed by atoms with Gasteiger partial charge in [-0.25, -0.2) is 4.79 Å². The van der Waals surface area contributed by atoms with Gasteiger partial charge in [0.2, 0.25) is 5.91 Å². The number of Topliss-reactive ketones (excluding diaryl/α,β-unsaturated/α-hetero) is 1. The summed E-state index contributed by atoms with van der Waals surface area (Å²) < 4.78 is 5.16. The van der Waals surface area contributed by atoms with Gasteiger partial charge in [0.15, 0.2) is 5.78 Å². The van der Waals surface area contributed by atoms with Crippen molar-refractivity contribution in [1.82, 2.24) is 15.5 Å². The Morgan fingerprint density at radius 1 is 1.06 bits per heavy atom. The predicted octanol–water partition coefficient (Wildman–Crippen LogP) is 2.41. The summed E-state index contributed by atoms with van der Waals surface area (Å²) >= 11 is 0. The second kappa shape index (κ2) is 9.64. The van der Waals surface area contributed by atoms with Crippen molar-refractivity contribution in [3.05, 3.63) is 65.2 Å². The fourth-order valence-corrected chi connectivity index (χ4v) is 3.76. The summed E-state index contributed by atoms with van der Waals surface area (Å²) in [5, 5.41) is 5.50. The molecule has 2 N–H and O–H groups in total. The first-order valence-corrected chi connectivity index (χ1v) is 10.5. The molecule has 1 aliphatic heterocycles. The third-order valence-electron chi connectivity index (χ3n) is 5.65. The third-order valence-corrected chi connectivity index (χ3v) is 5.65. The maximum Gasteiger partial charge on any atom is 0.325 e. The number of carbonyl (C=O) groups is 4. The monoisotopic (exact) mass is 437 g/mol. The normalized spacial score (nSPS) is 17.8. The highest BCUT2D eigenvalue weighted by molar-refractivity contribution is 6.11. The molecule has 0 bridgehead atoms. The number of nitrogens with one attached hydrogen (secondary N) is 2. The van der Waals surface area contributed by atoms with Crippen LogP contribution in [0, 0.1) is 0 Å². The minimum atomic E-state index is -1.21. The van der Waals surface area contributed by atoms with Crippen LogP contribution >= 0.6 is 0 Å². The molecule has 0 saturated carbocycles. The summed E-state index contributed by atoms with van der Waals surface area (Å²) in [4.78, 5) is 50.6. The molecule has 0 radical (unpaired) electrons. The molecule has 32 heavy (non-hydrogen) atoms. The van der Waals surface area contributed by atoms with E-state index in [1.54, 1.807) is 55.6 Å². The highest BCUT2D eigenvalue weighted by Gasteiger charge is 2.51. The molecule has 1 aliphatic rings. The van der Waals surface area contributed by atoms with Crippen LogP contribution in [0.25, 0.3) is 0 Å². The van der Waals surface area contributed by atoms with Crippen LogP contribution in [-0.2, 0) is 21.5 Å². The van der Waals surface area contributed by atoms with Gasteiger partial charge in [0.1, 0.15) is 11.3 Å². The van der Waals surface area contributed by atoms with E-state index in [2.05, 4.69) is 10.6 Å². The van der Waals surface area contributed by atoms with E-state index in [1.807, 2.05) is 6.92 Å². The molecule has 3 rings (SSSR count). The molecule has 2 aromatic carbocycles. The lowest BCUT2D eigenvalue weighted by Crippen LogP contribution is -2.43. The summed E-state index contributed by atoms with van der Waals surface area (Å²) in [6.07, 6.45) is 0.986. The Balaban J connectivity index is 1.71. The van der Waals surface area contributed by atoms with E-state index >= 15 is 0 Å². The summed E-state index contributed by atoms with van der Waals surface area (Å²) in [5.41, 5.74) is 0.803. The first kappa shape index (κ1) is 23.0. The van der Waals surface area contributed by atoms with E-state index in [-0.39, 0.29) is 18.2 Å². The number of ether oxygens (including phenoxy) is 1. The SMILES string of the molecule is CCC1(c2ccc(OC)cc2)NC(=O)N(CC(=O)c2ccc(CCNC(C)=O)cc2)C1=O. The van der Waals surface area contributed by atoms with Gasteiger partial charge in [-0.15, -0.1) is 0 Å². The van der Waals surface area contributed by atoms with Crippen molar-refractivity contribution < 1.29 is 23.9 Å². The average molecular weight is 437 g/mol. The first-order chi connectivity index (χ1) is 15.3. The van der Waals surface area contributed by atoms with E-state index in [0.717, 1.165) is 10.5 Å². The molecule has 0 spiro atoms. The maximum absolute atomic E-state index is 13.2. The number of amides is 4. The Bertz CT molecular complexity index is 1020. The number of benzene rings is 2. The number of rotatable bonds is 9. The number of imide groups is 1. The molecular formula is C24H27N3O5. The third kappa shape index (κ3) is 4.64. The lowest BCUT2D eigenvalue weighted by atomic mass is 9.87. The average Bonchev–Trinajstić information content (AvgIpc) is 3.04. The van der Waals surface area contributed by atoms with Crippen LogP contribution < -0.4 is 15.4 Å². The lowest BCUT2D eigenvalue weighted by molar-refractivity contribution is -0.131. The summed E-state index contributed by atoms with van der Waals surface area (Å²) in [6.45, 7) is 3.44. The molecule has 0 aliphatic carbocycles. The number of carbonyl (C=O) groups excluding carboxylic acids is 4. The smallest absolute Gasteiger partial charge is 0.325 e. The minimum Gasteiger partial charge on any atom is -0.497 e. The number of nitrogens with zero attached hydrogens (tertiary/aromatic N) is 1. The van der Waals surface area contributed by atoms with Crippen LogP contribution in [0.5, 0.6) is 5.75 Å². The van der Waals surface area contributed by atoms with E-state index in [9.17, 15) is 19.2 Å². The molecule has 168 valence electrons. The minimum absolute atomic E-state index is 0.0943. The van der Waals surface area contributed by atoms with Crippen molar-refractivity contribution in [2.45, 2.75) is 32.2 Å². The van der Waals surface area contributed by atoms with Gasteiger partial charge in [-0.2, -0.15) is 0 Å². The van der Waals surface area contributed by atoms with Crippen LogP contribution in [0.2, 0.25) is 0 Å². The summed E-state index contributed by atoms with van der Waals surface area (Å²) in [5.74, 6) is -0.230. The molecule has 8 heteroatoms. The second-order valence-corrected chi connectivity index (χ2v) is 7.66. The molecule has 1 atom stereocenters. The van der Waals surface area contributed by atoms with Gasteiger partial charge in [-0.3, -0.25) is 19.3 Å². The van der Waals surface area contributed by atoms with Crippen molar-refractivity contribution in [1.29, 1.82) is 0 Å². The molecule has 1 saturated heterocycles. The highest BCUT2D eigenvalue weighted by atomic mass is 16.5. The van der Waals surface area contributed by atoms with Gasteiger partial charge in [0.25, 0.3) is 5.91 Å². The van der Waals surface area contributed by atoms with Crippen LogP contribution in [0.3, 0.4) is 0 Å². The Labute approximate surface area is 186 Å². The van der Waals surface area contributed by atoms with Crippen molar-refractivity contribution in [3.8, 4) is 5.75 Å². The van der Waals surface area contributed by atoms with Crippen molar-refractivity contribution in [2.75, 3.05) is 20.2 Å². The predicted molar refractivity (Wildman–Crippen MR) is 118 cm³/mol. The first-order valence-electron chi connectivity index (χ1n) is 10.5. The maximum atomic E-state index is 13.2. The number of methoxy groups -OCH3 is 1. The van der Waals surface area contributed by atoms with Gasteiger partial charge >= 0.3 is 6.03 Å². The van der Waals surface area contributed by atoms with E-state index < -0.39 is 17.5 Å². The van der Waals surface area contributed by atoms with Crippen molar-refractivity contribution in [2.24, 2.45) is 0 Å². The fraction of sp³-hybridized carbons (Fsp3) is 0.333. The molecule has 1 fully saturated rings. The lowest BCUT2D eigenvalue weighted by Gasteiger charge is -2.26. The number of hydrogen-bond acceptors (Lipinski definition) is 5. The summed E-state index contributed by atoms with van der Waals surface area (Å²) in [6, 6.07) is 13.3. The highest BCUT2D eigenvalue weighted by Crippen LogP contribution is 2.33. The quantitative estimate of drug-likeness (QED) is 0.463. The molecule has 1 unspecified atom stereocenters. The van der Waals surface area contributed by atoms with E-state index in [0.29, 0.717) is 36.3 Å². The topological polar surface area (TPSA) is 105 Å². The Hall–Kier alpha value is -3.68. The zero-order valence-corrected chi connectivity index (χ0v) is 18.4. The molecule has 2 aromatic rings. The van der Waals surface area contributed by atoms with Crippen molar-refractivity contribution >= 4 is 23.6 Å². The van der Waals surface area contributed by atoms with Crippen LogP contribution in [0.1, 0.15) is 41.8 Å². The molecule has 0 aromatic heterocycles. The second-order valence-electron chi connectivity index (χ2n) is 7.66. The van der Waals surface area contributed by atoms with Crippen LogP contribution in [-0.4, -0.2) is 48.7 Å². The molecule has 4 amide bonds. The van der Waals surface area contributed by atoms with Gasteiger partial charge in [0.05, 0.1) is 13.7 Å². The van der Waals surface area contributed by atoms with Crippen molar-refractivity contribution in [3.63, 3.8) is 0 Å². The number of urea groups is 1. The zero-order valence-electron chi connectivity index (χ0n) is 18.4.